The van der Waals surface area contributed by atoms with Gasteiger partial charge in [-0.05, 0) is 42.9 Å². The zero-order chi connectivity index (χ0) is 22.2. The minimum absolute atomic E-state index is 0.399. The number of ether oxygens (including phenoxy) is 1. The first-order chi connectivity index (χ1) is 14.9. The third-order valence-corrected chi connectivity index (χ3v) is 6.03. The molecule has 1 amide bonds. The van der Waals surface area contributed by atoms with Gasteiger partial charge in [0.25, 0.3) is 0 Å². The van der Waals surface area contributed by atoms with E-state index in [0.717, 1.165) is 0 Å². The van der Waals surface area contributed by atoms with Crippen molar-refractivity contribution in [2.75, 3.05) is 6.54 Å². The minimum atomic E-state index is -0.508. The molecular formula is C27H29NO2S. The van der Waals surface area contributed by atoms with Crippen molar-refractivity contribution in [3.63, 3.8) is 0 Å². The molecular weight excluding hydrogens is 402 g/mol. The molecule has 3 aromatic rings. The Kier molecular flexibility index (Phi) is 7.59. The van der Waals surface area contributed by atoms with Gasteiger partial charge in [-0.3, -0.25) is 0 Å². The fourth-order valence-electron chi connectivity index (χ4n) is 3.38. The molecule has 160 valence electrons. The summed E-state index contributed by atoms with van der Waals surface area (Å²) >= 11 is 1.72. The van der Waals surface area contributed by atoms with Crippen LogP contribution in [0.15, 0.2) is 102 Å². The third-order valence-electron chi connectivity index (χ3n) is 4.65. The fraction of sp³-hybridized carbons (Fsp3) is 0.222. The molecule has 0 aliphatic heterocycles. The Morgan fingerprint density at radius 1 is 0.806 bits per heavy atom. The molecule has 0 aliphatic rings. The molecule has 0 radical (unpaired) electrons. The summed E-state index contributed by atoms with van der Waals surface area (Å²) in [5, 5.41) is 4.84. The van der Waals surface area contributed by atoms with Gasteiger partial charge in [0.05, 0.1) is 4.75 Å². The maximum absolute atomic E-state index is 11.9. The van der Waals surface area contributed by atoms with Crippen molar-refractivity contribution in [3.8, 4) is 0 Å². The molecule has 0 aliphatic carbocycles. The average molecular weight is 432 g/mol. The number of amides is 1. The molecule has 0 heterocycles. The van der Waals surface area contributed by atoms with E-state index in [4.69, 9.17) is 4.74 Å². The number of hydrogen-bond donors (Lipinski definition) is 1. The van der Waals surface area contributed by atoms with Gasteiger partial charge in [0, 0.05) is 6.54 Å². The van der Waals surface area contributed by atoms with Crippen molar-refractivity contribution in [1.29, 1.82) is 0 Å². The van der Waals surface area contributed by atoms with Crippen LogP contribution in [0.3, 0.4) is 0 Å². The Balaban J connectivity index is 1.91. The molecule has 0 atom stereocenters. The van der Waals surface area contributed by atoms with E-state index in [9.17, 15) is 4.79 Å². The zero-order valence-electron chi connectivity index (χ0n) is 18.2. The number of benzene rings is 3. The summed E-state index contributed by atoms with van der Waals surface area (Å²) in [7, 11) is 0. The average Bonchev–Trinajstić information content (AvgIpc) is 2.77. The highest BCUT2D eigenvalue weighted by molar-refractivity contribution is 8.03. The van der Waals surface area contributed by atoms with Gasteiger partial charge in [-0.15, -0.1) is 11.8 Å². The van der Waals surface area contributed by atoms with Gasteiger partial charge in [0.15, 0.2) is 0 Å². The Morgan fingerprint density at radius 3 is 1.61 bits per heavy atom. The molecule has 3 rings (SSSR count). The molecule has 3 aromatic carbocycles. The van der Waals surface area contributed by atoms with E-state index < -0.39 is 16.4 Å². The normalized spacial score (nSPS) is 12.0. The van der Waals surface area contributed by atoms with Gasteiger partial charge < -0.3 is 10.1 Å². The second-order valence-corrected chi connectivity index (χ2v) is 9.27. The zero-order valence-corrected chi connectivity index (χ0v) is 19.1. The number of thioether (sulfide) groups is 1. The van der Waals surface area contributed by atoms with Crippen LogP contribution in [0.5, 0.6) is 0 Å². The Hall–Kier alpha value is -2.98. The smallest absolute Gasteiger partial charge is 0.407 e. The third kappa shape index (κ3) is 6.02. The number of carbonyl (C=O) groups is 1. The lowest BCUT2D eigenvalue weighted by atomic mass is 9.84. The summed E-state index contributed by atoms with van der Waals surface area (Å²) in [4.78, 5) is 11.9. The van der Waals surface area contributed by atoms with E-state index in [-0.39, 0.29) is 0 Å². The number of carbonyl (C=O) groups excluding carboxylic acids is 1. The van der Waals surface area contributed by atoms with E-state index in [2.05, 4.69) is 83.5 Å². The topological polar surface area (TPSA) is 38.3 Å². The van der Waals surface area contributed by atoms with Crippen molar-refractivity contribution < 1.29 is 9.53 Å². The number of alkyl carbamates (subject to hydrolysis) is 1. The van der Waals surface area contributed by atoms with Crippen LogP contribution in [0.1, 0.15) is 37.5 Å². The highest BCUT2D eigenvalue weighted by Crippen LogP contribution is 2.48. The maximum Gasteiger partial charge on any atom is 0.407 e. The first-order valence-electron chi connectivity index (χ1n) is 10.4. The van der Waals surface area contributed by atoms with Gasteiger partial charge in [0.2, 0.25) is 0 Å². The molecule has 31 heavy (non-hydrogen) atoms. The summed E-state index contributed by atoms with van der Waals surface area (Å²) < 4.78 is 4.89. The van der Waals surface area contributed by atoms with Gasteiger partial charge in [-0.25, -0.2) is 4.79 Å². The SMILES string of the molecule is CC(C)(C)OC(=O)NC/C=C\SC(c1ccccc1)(c1ccccc1)c1ccccc1. The fourth-order valence-corrected chi connectivity index (χ4v) is 4.59. The van der Waals surface area contributed by atoms with Crippen LogP contribution in [-0.4, -0.2) is 18.2 Å². The van der Waals surface area contributed by atoms with Crippen LogP contribution >= 0.6 is 11.8 Å². The maximum atomic E-state index is 11.9. The van der Waals surface area contributed by atoms with Gasteiger partial charge in [-0.2, -0.15) is 0 Å². The second-order valence-electron chi connectivity index (χ2n) is 8.15. The summed E-state index contributed by atoms with van der Waals surface area (Å²) in [5.74, 6) is 0. The summed E-state index contributed by atoms with van der Waals surface area (Å²) in [6.45, 7) is 5.96. The van der Waals surface area contributed by atoms with Gasteiger partial charge in [-0.1, -0.05) is 97.1 Å². The number of hydrogen-bond acceptors (Lipinski definition) is 3. The minimum Gasteiger partial charge on any atom is -0.444 e. The number of nitrogens with one attached hydrogen (secondary N) is 1. The molecule has 0 fully saturated rings. The van der Waals surface area contributed by atoms with Crippen molar-refractivity contribution in [3.05, 3.63) is 119 Å². The Bertz CT molecular complexity index is 883. The van der Waals surface area contributed by atoms with Crippen LogP contribution in [0.25, 0.3) is 0 Å². The van der Waals surface area contributed by atoms with E-state index in [1.54, 1.807) is 11.8 Å². The lowest BCUT2D eigenvalue weighted by Crippen LogP contribution is -2.32. The van der Waals surface area contributed by atoms with Gasteiger partial charge >= 0.3 is 6.09 Å². The van der Waals surface area contributed by atoms with Crippen molar-refractivity contribution in [2.45, 2.75) is 31.1 Å². The quantitative estimate of drug-likeness (QED) is 0.421. The van der Waals surface area contributed by atoms with Crippen molar-refractivity contribution in [2.24, 2.45) is 0 Å². The summed E-state index contributed by atoms with van der Waals surface area (Å²) in [5.41, 5.74) is 3.08. The molecule has 3 nitrogen and oxygen atoms in total. The largest absolute Gasteiger partial charge is 0.444 e. The summed E-state index contributed by atoms with van der Waals surface area (Å²) in [6.07, 6.45) is 1.54. The lowest BCUT2D eigenvalue weighted by Gasteiger charge is -2.34. The molecule has 0 spiro atoms. The number of rotatable bonds is 7. The molecule has 0 saturated heterocycles. The molecule has 0 unspecified atom stereocenters. The predicted octanol–water partition coefficient (Wildman–Crippen LogP) is 6.75. The predicted molar refractivity (Wildman–Crippen MR) is 130 cm³/mol. The van der Waals surface area contributed by atoms with Crippen LogP contribution in [0.2, 0.25) is 0 Å². The standard InChI is InChI=1S/C27H29NO2S/c1-26(2,3)30-25(29)28-20-13-21-31-27(22-14-7-4-8-15-22,23-16-9-5-10-17-23)24-18-11-6-12-19-24/h4-19,21H,20H2,1-3H3,(H,28,29)/b21-13-. The van der Waals surface area contributed by atoms with E-state index in [0.29, 0.717) is 6.54 Å². The highest BCUT2D eigenvalue weighted by atomic mass is 32.2. The molecule has 0 bridgehead atoms. The van der Waals surface area contributed by atoms with Crippen LogP contribution in [0, 0.1) is 0 Å². The van der Waals surface area contributed by atoms with Crippen LogP contribution < -0.4 is 5.32 Å². The lowest BCUT2D eigenvalue weighted by molar-refractivity contribution is 0.0534. The second kappa shape index (κ2) is 10.4. The molecule has 4 heteroatoms. The first-order valence-corrected chi connectivity index (χ1v) is 11.3. The van der Waals surface area contributed by atoms with Gasteiger partial charge in [0.1, 0.15) is 5.60 Å². The monoisotopic (exact) mass is 431 g/mol. The van der Waals surface area contributed by atoms with Crippen LogP contribution in [0.4, 0.5) is 4.79 Å². The Labute approximate surface area is 189 Å². The summed E-state index contributed by atoms with van der Waals surface area (Å²) in [6, 6.07) is 31.6. The first kappa shape index (κ1) is 22.7. The molecule has 0 aromatic heterocycles. The Morgan fingerprint density at radius 2 is 1.23 bits per heavy atom. The molecule has 0 saturated carbocycles. The van der Waals surface area contributed by atoms with E-state index in [1.165, 1.54) is 16.7 Å². The highest BCUT2D eigenvalue weighted by Gasteiger charge is 2.36. The van der Waals surface area contributed by atoms with Crippen LogP contribution in [-0.2, 0) is 9.48 Å². The van der Waals surface area contributed by atoms with Crippen molar-refractivity contribution in [1.82, 2.24) is 5.32 Å². The molecule has 1 N–H and O–H groups in total. The van der Waals surface area contributed by atoms with E-state index in [1.807, 2.05) is 45.0 Å². The van der Waals surface area contributed by atoms with E-state index >= 15 is 0 Å². The van der Waals surface area contributed by atoms with Crippen molar-refractivity contribution >= 4 is 17.9 Å².